The van der Waals surface area contributed by atoms with Crippen LogP contribution in [-0.4, -0.2) is 28.3 Å². The lowest BCUT2D eigenvalue weighted by Crippen LogP contribution is -2.29. The molecular weight excluding hydrogens is 196 g/mol. The van der Waals surface area contributed by atoms with E-state index in [0.717, 1.165) is 11.3 Å². The molecule has 0 spiro atoms. The molecule has 0 fully saturated rings. The third-order valence-electron chi connectivity index (χ3n) is 2.11. The van der Waals surface area contributed by atoms with Gasteiger partial charge in [-0.15, -0.1) is 0 Å². The summed E-state index contributed by atoms with van der Waals surface area (Å²) >= 11 is 5.26. The molecule has 3 heteroatoms. The zero-order valence-electron chi connectivity index (χ0n) is 9.63. The Morgan fingerprint density at radius 1 is 1.00 bits per heavy atom. The van der Waals surface area contributed by atoms with Gasteiger partial charge in [-0.05, 0) is 23.1 Å². The van der Waals surface area contributed by atoms with Gasteiger partial charge in [0.2, 0.25) is 0 Å². The van der Waals surface area contributed by atoms with Crippen molar-refractivity contribution in [3.8, 4) is 0 Å². The summed E-state index contributed by atoms with van der Waals surface area (Å²) in [5.74, 6) is 0. The summed E-state index contributed by atoms with van der Waals surface area (Å²) in [5.41, 5.74) is -0.273. The van der Waals surface area contributed by atoms with E-state index < -0.39 is 5.41 Å². The van der Waals surface area contributed by atoms with Gasteiger partial charge in [-0.3, -0.25) is 0 Å². The molecule has 0 radical (unpaired) electrons. The van der Waals surface area contributed by atoms with Crippen molar-refractivity contribution in [3.05, 3.63) is 0 Å². The minimum atomic E-state index is -0.456. The summed E-state index contributed by atoms with van der Waals surface area (Å²) in [7, 11) is 0. The summed E-state index contributed by atoms with van der Waals surface area (Å²) in [6.07, 6.45) is 1.48. The zero-order chi connectivity index (χ0) is 11.4. The monoisotopic (exact) mass is 218 g/mol. The highest BCUT2D eigenvalue weighted by Crippen LogP contribution is 2.26. The Morgan fingerprint density at radius 3 is 1.71 bits per heavy atom. The topological polar surface area (TPSA) is 40.5 Å². The predicted molar refractivity (Wildman–Crippen MR) is 63.6 cm³/mol. The van der Waals surface area contributed by atoms with Gasteiger partial charge in [-0.2, -0.15) is 0 Å². The van der Waals surface area contributed by atoms with Gasteiger partial charge in [-0.1, -0.05) is 39.9 Å². The third-order valence-corrected chi connectivity index (χ3v) is 2.40. The molecule has 0 bridgehead atoms. The molecule has 14 heavy (non-hydrogen) atoms. The highest BCUT2D eigenvalue weighted by Gasteiger charge is 2.25. The van der Waals surface area contributed by atoms with Gasteiger partial charge in [0, 0.05) is 5.41 Å². The van der Waals surface area contributed by atoms with Crippen molar-refractivity contribution >= 4 is 17.1 Å². The predicted octanol–water partition coefficient (Wildman–Crippen LogP) is 2.17. The van der Waals surface area contributed by atoms with E-state index in [4.69, 9.17) is 22.4 Å². The lowest BCUT2D eigenvalue weighted by Gasteiger charge is -2.27. The molecule has 0 saturated carbocycles. The van der Waals surface area contributed by atoms with E-state index in [-0.39, 0.29) is 18.6 Å². The van der Waals surface area contributed by atoms with Crippen molar-refractivity contribution in [3.63, 3.8) is 0 Å². The fraction of sp³-hybridized carbons (Fsp3) is 0.909. The Kier molecular flexibility index (Phi) is 5.20. The molecule has 0 aromatic carbocycles. The maximum atomic E-state index is 9.11. The van der Waals surface area contributed by atoms with E-state index in [0.29, 0.717) is 6.42 Å². The van der Waals surface area contributed by atoms with Crippen molar-refractivity contribution in [1.82, 2.24) is 0 Å². The molecule has 2 N–H and O–H groups in total. The van der Waals surface area contributed by atoms with Crippen LogP contribution >= 0.6 is 12.2 Å². The molecule has 0 amide bonds. The van der Waals surface area contributed by atoms with Crippen molar-refractivity contribution in [2.75, 3.05) is 13.2 Å². The minimum Gasteiger partial charge on any atom is -0.396 e. The molecule has 0 atom stereocenters. The number of aliphatic hydroxyl groups is 2. The Balaban J connectivity index is 4.18. The molecule has 0 aliphatic heterocycles. The SMILES string of the molecule is CC(C)(C)CC(=S)CC(C)(CO)CO. The lowest BCUT2D eigenvalue weighted by molar-refractivity contribution is 0.0758. The first-order chi connectivity index (χ1) is 6.22. The molecule has 0 saturated heterocycles. The van der Waals surface area contributed by atoms with Crippen molar-refractivity contribution < 1.29 is 10.2 Å². The van der Waals surface area contributed by atoms with Crippen LogP contribution in [0.5, 0.6) is 0 Å². The Labute approximate surface area is 92.3 Å². The third kappa shape index (κ3) is 5.68. The van der Waals surface area contributed by atoms with E-state index in [1.807, 2.05) is 6.92 Å². The second kappa shape index (κ2) is 5.19. The average molecular weight is 218 g/mol. The fourth-order valence-electron chi connectivity index (χ4n) is 1.29. The van der Waals surface area contributed by atoms with Crippen LogP contribution in [0.1, 0.15) is 40.5 Å². The summed E-state index contributed by atoms with van der Waals surface area (Å²) in [6.45, 7) is 8.21. The average Bonchev–Trinajstić information content (AvgIpc) is 2.00. The molecule has 2 nitrogen and oxygen atoms in total. The van der Waals surface area contributed by atoms with Crippen LogP contribution in [0.3, 0.4) is 0 Å². The minimum absolute atomic E-state index is 0.0201. The molecule has 0 aliphatic rings. The Morgan fingerprint density at radius 2 is 1.43 bits per heavy atom. The first-order valence-corrected chi connectivity index (χ1v) is 5.37. The van der Waals surface area contributed by atoms with Gasteiger partial charge in [0.1, 0.15) is 0 Å². The van der Waals surface area contributed by atoms with Crippen LogP contribution in [0.4, 0.5) is 0 Å². The summed E-state index contributed by atoms with van der Waals surface area (Å²) in [4.78, 5) is 0.933. The molecular formula is C11H22O2S. The van der Waals surface area contributed by atoms with Gasteiger partial charge in [0.15, 0.2) is 0 Å². The second-order valence-corrected chi connectivity index (χ2v) is 6.16. The molecule has 0 heterocycles. The fourth-order valence-corrected chi connectivity index (χ4v) is 2.07. The van der Waals surface area contributed by atoms with Crippen LogP contribution in [-0.2, 0) is 0 Å². The standard InChI is InChI=1S/C11H22O2S/c1-10(2,3)5-9(14)6-11(4,7-12)8-13/h12-13H,5-8H2,1-4H3. The van der Waals surface area contributed by atoms with Crippen molar-refractivity contribution in [1.29, 1.82) is 0 Å². The van der Waals surface area contributed by atoms with Gasteiger partial charge in [0.05, 0.1) is 13.2 Å². The van der Waals surface area contributed by atoms with Gasteiger partial charge < -0.3 is 10.2 Å². The van der Waals surface area contributed by atoms with Crippen LogP contribution in [0, 0.1) is 10.8 Å². The van der Waals surface area contributed by atoms with Gasteiger partial charge in [-0.25, -0.2) is 0 Å². The largest absolute Gasteiger partial charge is 0.396 e. The maximum Gasteiger partial charge on any atom is 0.0510 e. The highest BCUT2D eigenvalue weighted by molar-refractivity contribution is 7.80. The van der Waals surface area contributed by atoms with Crippen molar-refractivity contribution in [2.24, 2.45) is 10.8 Å². The first kappa shape index (κ1) is 14.0. The number of rotatable bonds is 5. The normalized spacial score (nSPS) is 13.0. The molecule has 84 valence electrons. The van der Waals surface area contributed by atoms with E-state index in [1.165, 1.54) is 0 Å². The van der Waals surface area contributed by atoms with E-state index in [2.05, 4.69) is 20.8 Å². The lowest BCUT2D eigenvalue weighted by atomic mass is 9.82. The summed E-state index contributed by atoms with van der Waals surface area (Å²) in [5, 5.41) is 18.2. The van der Waals surface area contributed by atoms with Crippen LogP contribution < -0.4 is 0 Å². The van der Waals surface area contributed by atoms with Crippen LogP contribution in [0.2, 0.25) is 0 Å². The van der Waals surface area contributed by atoms with Crippen LogP contribution in [0.25, 0.3) is 0 Å². The first-order valence-electron chi connectivity index (χ1n) is 4.96. The number of hydrogen-bond donors (Lipinski definition) is 2. The smallest absolute Gasteiger partial charge is 0.0510 e. The van der Waals surface area contributed by atoms with Gasteiger partial charge in [0.25, 0.3) is 0 Å². The molecule has 0 aromatic heterocycles. The molecule has 0 aromatic rings. The number of hydrogen-bond acceptors (Lipinski definition) is 3. The second-order valence-electron chi connectivity index (χ2n) is 5.58. The summed E-state index contributed by atoms with van der Waals surface area (Å²) < 4.78 is 0. The highest BCUT2D eigenvalue weighted by atomic mass is 32.1. The summed E-state index contributed by atoms with van der Waals surface area (Å²) in [6, 6.07) is 0. The Bertz CT molecular complexity index is 190. The maximum absolute atomic E-state index is 9.11. The Hall–Kier alpha value is 0.0100. The molecule has 0 aliphatic carbocycles. The molecule has 0 unspecified atom stereocenters. The van der Waals surface area contributed by atoms with Crippen LogP contribution in [0.15, 0.2) is 0 Å². The van der Waals surface area contributed by atoms with Gasteiger partial charge >= 0.3 is 0 Å². The molecule has 0 rings (SSSR count). The number of aliphatic hydroxyl groups excluding tert-OH is 2. The quantitative estimate of drug-likeness (QED) is 0.695. The zero-order valence-corrected chi connectivity index (χ0v) is 10.4. The van der Waals surface area contributed by atoms with E-state index >= 15 is 0 Å². The van der Waals surface area contributed by atoms with E-state index in [9.17, 15) is 0 Å². The van der Waals surface area contributed by atoms with E-state index in [1.54, 1.807) is 0 Å². The van der Waals surface area contributed by atoms with Crippen molar-refractivity contribution in [2.45, 2.75) is 40.5 Å². The number of thiocarbonyl (C=S) groups is 1.